The second-order valence-corrected chi connectivity index (χ2v) is 2.83. The highest BCUT2D eigenvalue weighted by Crippen LogP contribution is 2.18. The molecule has 0 fully saturated rings. The van der Waals surface area contributed by atoms with Gasteiger partial charge in [-0.3, -0.25) is 4.79 Å². The van der Waals surface area contributed by atoms with Crippen LogP contribution in [0.1, 0.15) is 17.2 Å². The molecule has 1 atom stereocenters. The zero-order valence-electron chi connectivity index (χ0n) is 7.47. The van der Waals surface area contributed by atoms with E-state index in [0.717, 1.165) is 0 Å². The summed E-state index contributed by atoms with van der Waals surface area (Å²) in [6.07, 6.45) is -0.469. The number of aliphatic hydroxyl groups excluding tert-OH is 1. The van der Waals surface area contributed by atoms with Crippen LogP contribution in [0.2, 0.25) is 0 Å². The molecule has 3 heteroatoms. The van der Waals surface area contributed by atoms with Gasteiger partial charge in [-0.15, -0.1) is 0 Å². The van der Waals surface area contributed by atoms with E-state index in [9.17, 15) is 9.90 Å². The van der Waals surface area contributed by atoms with Crippen LogP contribution in [0.3, 0.4) is 0 Å². The third-order valence-electron chi connectivity index (χ3n) is 1.86. The van der Waals surface area contributed by atoms with Gasteiger partial charge in [0, 0.05) is 5.57 Å². The fourth-order valence-electron chi connectivity index (χ4n) is 1.02. The molecule has 0 aliphatic rings. The maximum atomic E-state index is 10.3. The maximum Gasteiger partial charge on any atom is 0.148 e. The van der Waals surface area contributed by atoms with Gasteiger partial charge in [0.2, 0.25) is 0 Å². The number of hydrogen-bond donors (Lipinski definition) is 1. The lowest BCUT2D eigenvalue weighted by Crippen LogP contribution is -2.01. The maximum absolute atomic E-state index is 10.3. The van der Waals surface area contributed by atoms with E-state index in [0.29, 0.717) is 17.4 Å². The Morgan fingerprint density at radius 2 is 2.07 bits per heavy atom. The number of carbonyl (C=O) groups is 1. The van der Waals surface area contributed by atoms with E-state index < -0.39 is 6.10 Å². The van der Waals surface area contributed by atoms with Crippen LogP contribution < -0.4 is 0 Å². The third-order valence-corrected chi connectivity index (χ3v) is 1.86. The summed E-state index contributed by atoms with van der Waals surface area (Å²) in [5.74, 6) is 0. The molecule has 0 radical (unpaired) electrons. The van der Waals surface area contributed by atoms with Crippen molar-refractivity contribution in [2.24, 2.45) is 0 Å². The highest BCUT2D eigenvalue weighted by Gasteiger charge is 2.09. The predicted octanol–water partition coefficient (Wildman–Crippen LogP) is 1.35. The summed E-state index contributed by atoms with van der Waals surface area (Å²) in [6.45, 7) is 3.41. The molecule has 1 rings (SSSR count). The molecular formula is C11H9NO2. The van der Waals surface area contributed by atoms with E-state index in [1.54, 1.807) is 24.3 Å². The summed E-state index contributed by atoms with van der Waals surface area (Å²) < 4.78 is 0. The quantitative estimate of drug-likeness (QED) is 0.573. The second kappa shape index (κ2) is 4.35. The Kier molecular flexibility index (Phi) is 3.16. The van der Waals surface area contributed by atoms with Gasteiger partial charge in [-0.2, -0.15) is 5.26 Å². The van der Waals surface area contributed by atoms with Gasteiger partial charge in [0.1, 0.15) is 12.4 Å². The van der Waals surface area contributed by atoms with Crippen LogP contribution in [0.4, 0.5) is 0 Å². The Labute approximate surface area is 81.9 Å². The zero-order valence-corrected chi connectivity index (χ0v) is 7.47. The largest absolute Gasteiger partial charge is 0.384 e. The molecule has 1 N–H and O–H groups in total. The molecule has 0 saturated heterocycles. The monoisotopic (exact) mass is 187 g/mol. The van der Waals surface area contributed by atoms with E-state index in [1.807, 2.05) is 6.07 Å². The summed E-state index contributed by atoms with van der Waals surface area (Å²) in [7, 11) is 0. The Morgan fingerprint density at radius 3 is 2.50 bits per heavy atom. The Morgan fingerprint density at radius 1 is 1.50 bits per heavy atom. The number of benzene rings is 1. The highest BCUT2D eigenvalue weighted by atomic mass is 16.3. The number of aldehydes is 1. The van der Waals surface area contributed by atoms with Gasteiger partial charge in [-0.05, 0) is 17.7 Å². The van der Waals surface area contributed by atoms with Crippen molar-refractivity contribution in [3.8, 4) is 6.07 Å². The molecule has 1 aromatic rings. The van der Waals surface area contributed by atoms with E-state index in [1.165, 1.54) is 0 Å². The van der Waals surface area contributed by atoms with Crippen molar-refractivity contribution in [1.29, 1.82) is 5.26 Å². The first-order valence-electron chi connectivity index (χ1n) is 4.01. The van der Waals surface area contributed by atoms with Crippen LogP contribution in [0, 0.1) is 11.3 Å². The number of carbonyl (C=O) groups excluding carboxylic acids is 1. The Balaban J connectivity index is 2.93. The van der Waals surface area contributed by atoms with E-state index in [2.05, 4.69) is 6.58 Å². The minimum absolute atomic E-state index is 0.106. The fraction of sp³-hybridized carbons (Fsp3) is 0.0909. The summed E-state index contributed by atoms with van der Waals surface area (Å²) in [6, 6.07) is 8.31. The van der Waals surface area contributed by atoms with Crippen molar-refractivity contribution in [3.05, 3.63) is 47.5 Å². The Hall–Kier alpha value is -1.92. The van der Waals surface area contributed by atoms with Crippen molar-refractivity contribution >= 4 is 6.29 Å². The van der Waals surface area contributed by atoms with Crippen LogP contribution in [0.25, 0.3) is 0 Å². The van der Waals surface area contributed by atoms with Gasteiger partial charge in [-0.1, -0.05) is 18.7 Å². The molecule has 1 aromatic carbocycles. The number of nitrogens with zero attached hydrogens (tertiary/aromatic N) is 1. The summed E-state index contributed by atoms with van der Waals surface area (Å²) >= 11 is 0. The first-order valence-corrected chi connectivity index (χ1v) is 4.01. The lowest BCUT2D eigenvalue weighted by Gasteiger charge is -2.08. The van der Waals surface area contributed by atoms with Gasteiger partial charge in [-0.25, -0.2) is 0 Å². The second-order valence-electron chi connectivity index (χ2n) is 2.83. The minimum Gasteiger partial charge on any atom is -0.384 e. The zero-order chi connectivity index (χ0) is 10.6. The van der Waals surface area contributed by atoms with Gasteiger partial charge in [0.15, 0.2) is 0 Å². The van der Waals surface area contributed by atoms with Gasteiger partial charge >= 0.3 is 0 Å². The van der Waals surface area contributed by atoms with Crippen LogP contribution in [0.5, 0.6) is 0 Å². The average Bonchev–Trinajstić information content (AvgIpc) is 2.27. The topological polar surface area (TPSA) is 61.1 Å². The van der Waals surface area contributed by atoms with Crippen molar-refractivity contribution in [2.75, 3.05) is 0 Å². The van der Waals surface area contributed by atoms with Crippen molar-refractivity contribution in [2.45, 2.75) is 6.10 Å². The average molecular weight is 187 g/mol. The van der Waals surface area contributed by atoms with E-state index >= 15 is 0 Å². The van der Waals surface area contributed by atoms with Gasteiger partial charge < -0.3 is 5.11 Å². The molecule has 70 valence electrons. The number of rotatable bonds is 3. The van der Waals surface area contributed by atoms with E-state index in [4.69, 9.17) is 5.26 Å². The molecule has 1 unspecified atom stereocenters. The third kappa shape index (κ3) is 2.06. The molecule has 0 saturated carbocycles. The van der Waals surface area contributed by atoms with Crippen molar-refractivity contribution < 1.29 is 9.90 Å². The standard InChI is InChI=1S/C11H9NO2/c1-8(7-13)11(14)10-4-2-9(6-12)3-5-10/h2-5,7,11,14H,1H2. The van der Waals surface area contributed by atoms with Crippen molar-refractivity contribution in [3.63, 3.8) is 0 Å². The molecule has 0 aromatic heterocycles. The van der Waals surface area contributed by atoms with Gasteiger partial charge in [0.05, 0.1) is 11.6 Å². The number of aliphatic hydroxyl groups is 1. The molecule has 0 heterocycles. The smallest absolute Gasteiger partial charge is 0.148 e. The molecule has 0 aliphatic heterocycles. The number of nitriles is 1. The SMILES string of the molecule is C=C(C=O)C(O)c1ccc(C#N)cc1. The summed E-state index contributed by atoms with van der Waals surface area (Å²) in [5, 5.41) is 18.1. The molecule has 14 heavy (non-hydrogen) atoms. The summed E-state index contributed by atoms with van der Waals surface area (Å²) in [5.41, 5.74) is 1.17. The predicted molar refractivity (Wildman–Crippen MR) is 51.3 cm³/mol. The Bertz CT molecular complexity index is 387. The van der Waals surface area contributed by atoms with Crippen LogP contribution in [-0.4, -0.2) is 11.4 Å². The van der Waals surface area contributed by atoms with Crippen molar-refractivity contribution in [1.82, 2.24) is 0 Å². The molecule has 0 bridgehead atoms. The first kappa shape index (κ1) is 10.2. The number of hydrogen-bond acceptors (Lipinski definition) is 3. The van der Waals surface area contributed by atoms with Crippen LogP contribution >= 0.6 is 0 Å². The molecule has 3 nitrogen and oxygen atoms in total. The molecular weight excluding hydrogens is 178 g/mol. The van der Waals surface area contributed by atoms with Crippen LogP contribution in [0.15, 0.2) is 36.4 Å². The fourth-order valence-corrected chi connectivity index (χ4v) is 1.02. The highest BCUT2D eigenvalue weighted by molar-refractivity contribution is 5.74. The summed E-state index contributed by atoms with van der Waals surface area (Å²) in [4.78, 5) is 10.3. The lowest BCUT2D eigenvalue weighted by atomic mass is 10.0. The first-order chi connectivity index (χ1) is 6.69. The molecule has 0 aliphatic carbocycles. The van der Waals surface area contributed by atoms with Gasteiger partial charge in [0.25, 0.3) is 0 Å². The van der Waals surface area contributed by atoms with Crippen LogP contribution in [-0.2, 0) is 4.79 Å². The lowest BCUT2D eigenvalue weighted by molar-refractivity contribution is -0.105. The molecule has 0 amide bonds. The molecule has 0 spiro atoms. The normalized spacial score (nSPS) is 11.4. The minimum atomic E-state index is -0.986. The van der Waals surface area contributed by atoms with E-state index in [-0.39, 0.29) is 5.57 Å².